The van der Waals surface area contributed by atoms with Crippen LogP contribution in [0.1, 0.15) is 40.5 Å². The molecule has 3 heteroatoms. The van der Waals surface area contributed by atoms with Crippen molar-refractivity contribution in [1.29, 1.82) is 0 Å². The zero-order chi connectivity index (χ0) is 12.2. The van der Waals surface area contributed by atoms with Gasteiger partial charge in [0.25, 0.3) is 0 Å². The third kappa shape index (κ3) is 4.64. The van der Waals surface area contributed by atoms with Gasteiger partial charge in [-0.3, -0.25) is 0 Å². The van der Waals surface area contributed by atoms with Crippen molar-refractivity contribution in [2.24, 2.45) is 11.8 Å². The van der Waals surface area contributed by atoms with E-state index in [0.717, 1.165) is 11.7 Å². The number of aliphatic hydroxyl groups is 1. The molecule has 2 N–H and O–H groups in total. The third-order valence-electron chi connectivity index (χ3n) is 3.20. The maximum Gasteiger partial charge on any atom is 0.0613 e. The van der Waals surface area contributed by atoms with E-state index < -0.39 is 0 Å². The summed E-state index contributed by atoms with van der Waals surface area (Å²) < 4.78 is 0. The average molecular weight is 245 g/mol. The smallest absolute Gasteiger partial charge is 0.0613 e. The second-order valence-electron chi connectivity index (χ2n) is 5.83. The highest BCUT2D eigenvalue weighted by Gasteiger charge is 2.41. The van der Waals surface area contributed by atoms with E-state index in [1.54, 1.807) is 0 Å². The van der Waals surface area contributed by atoms with E-state index in [-0.39, 0.29) is 12.1 Å². The van der Waals surface area contributed by atoms with Gasteiger partial charge in [-0.25, -0.2) is 0 Å². The van der Waals surface area contributed by atoms with Gasteiger partial charge in [-0.1, -0.05) is 13.8 Å². The maximum absolute atomic E-state index is 9.49. The monoisotopic (exact) mass is 245 g/mol. The molecule has 0 aromatic rings. The van der Waals surface area contributed by atoms with E-state index in [4.69, 9.17) is 0 Å². The Hall–Kier alpha value is 0.270. The second kappa shape index (κ2) is 6.27. The number of aliphatic hydroxyl groups excluding tert-OH is 1. The van der Waals surface area contributed by atoms with Gasteiger partial charge in [0.1, 0.15) is 0 Å². The minimum atomic E-state index is -0.0438. The summed E-state index contributed by atoms with van der Waals surface area (Å²) >= 11 is 2.01. The van der Waals surface area contributed by atoms with Crippen molar-refractivity contribution in [2.75, 3.05) is 18.1 Å². The molecular weight excluding hydrogens is 218 g/mol. The summed E-state index contributed by atoms with van der Waals surface area (Å²) in [5.74, 6) is 3.83. The molecule has 96 valence electrons. The first-order valence-corrected chi connectivity index (χ1v) is 7.59. The van der Waals surface area contributed by atoms with Gasteiger partial charge in [-0.15, -0.1) is 0 Å². The lowest BCUT2D eigenvalue weighted by Gasteiger charge is -2.32. The third-order valence-corrected chi connectivity index (χ3v) is 4.84. The van der Waals surface area contributed by atoms with Crippen LogP contribution in [0.15, 0.2) is 0 Å². The van der Waals surface area contributed by atoms with E-state index >= 15 is 0 Å². The molecule has 0 saturated heterocycles. The Morgan fingerprint density at radius 1 is 1.31 bits per heavy atom. The summed E-state index contributed by atoms with van der Waals surface area (Å²) in [6.45, 7) is 9.16. The SMILES string of the molecule is CC(C)CSCC(C)NC(C)(CO)C1CC1. The molecule has 1 rings (SSSR count). The molecule has 0 radical (unpaired) electrons. The van der Waals surface area contributed by atoms with Crippen molar-refractivity contribution in [1.82, 2.24) is 5.32 Å². The molecule has 0 aromatic carbocycles. The van der Waals surface area contributed by atoms with Crippen molar-refractivity contribution in [3.63, 3.8) is 0 Å². The number of hydrogen-bond donors (Lipinski definition) is 2. The summed E-state index contributed by atoms with van der Waals surface area (Å²) in [5.41, 5.74) is -0.0438. The van der Waals surface area contributed by atoms with Crippen molar-refractivity contribution in [2.45, 2.75) is 52.1 Å². The van der Waals surface area contributed by atoms with Crippen LogP contribution in [-0.4, -0.2) is 34.8 Å². The molecule has 1 saturated carbocycles. The van der Waals surface area contributed by atoms with Gasteiger partial charge in [0.05, 0.1) is 6.61 Å². The molecule has 0 spiro atoms. The highest BCUT2D eigenvalue weighted by atomic mass is 32.2. The minimum absolute atomic E-state index is 0.0438. The molecular formula is C13H27NOS. The minimum Gasteiger partial charge on any atom is -0.394 e. The van der Waals surface area contributed by atoms with Crippen molar-refractivity contribution < 1.29 is 5.11 Å². The van der Waals surface area contributed by atoms with Crippen LogP contribution >= 0.6 is 11.8 Å². The van der Waals surface area contributed by atoms with Crippen LogP contribution in [0.25, 0.3) is 0 Å². The molecule has 0 aromatic heterocycles. The van der Waals surface area contributed by atoms with E-state index in [9.17, 15) is 5.11 Å². The Morgan fingerprint density at radius 2 is 1.94 bits per heavy atom. The van der Waals surface area contributed by atoms with Crippen LogP contribution in [0, 0.1) is 11.8 Å². The molecule has 0 aliphatic heterocycles. The average Bonchev–Trinajstić information content (AvgIpc) is 3.00. The lowest BCUT2D eigenvalue weighted by molar-refractivity contribution is 0.147. The summed E-state index contributed by atoms with van der Waals surface area (Å²) in [6, 6.07) is 0.487. The Balaban J connectivity index is 2.23. The van der Waals surface area contributed by atoms with Gasteiger partial charge in [-0.05, 0) is 44.3 Å². The maximum atomic E-state index is 9.49. The molecule has 1 aliphatic rings. The van der Waals surface area contributed by atoms with Crippen molar-refractivity contribution >= 4 is 11.8 Å². The molecule has 0 amide bonds. The standard InChI is InChI=1S/C13H27NOS/c1-10(2)7-16-8-11(3)14-13(4,9-15)12-5-6-12/h10-12,14-15H,5-9H2,1-4H3. The van der Waals surface area contributed by atoms with Crippen LogP contribution < -0.4 is 5.32 Å². The Labute approximate surface area is 105 Å². The predicted octanol–water partition coefficient (Wildman–Crippen LogP) is 2.51. The number of thioether (sulfide) groups is 1. The van der Waals surface area contributed by atoms with E-state index in [1.807, 2.05) is 11.8 Å². The van der Waals surface area contributed by atoms with Gasteiger partial charge in [0, 0.05) is 17.3 Å². The van der Waals surface area contributed by atoms with Gasteiger partial charge in [0.15, 0.2) is 0 Å². The van der Waals surface area contributed by atoms with Gasteiger partial charge in [-0.2, -0.15) is 11.8 Å². The van der Waals surface area contributed by atoms with E-state index in [2.05, 4.69) is 33.0 Å². The summed E-state index contributed by atoms with van der Waals surface area (Å²) in [4.78, 5) is 0. The van der Waals surface area contributed by atoms with Crippen LogP contribution in [0.2, 0.25) is 0 Å². The van der Waals surface area contributed by atoms with E-state index in [0.29, 0.717) is 12.0 Å². The Kier molecular flexibility index (Phi) is 5.62. The van der Waals surface area contributed by atoms with Gasteiger partial charge < -0.3 is 10.4 Å². The number of nitrogens with one attached hydrogen (secondary N) is 1. The van der Waals surface area contributed by atoms with Crippen LogP contribution in [0.4, 0.5) is 0 Å². The number of rotatable bonds is 8. The predicted molar refractivity (Wildman–Crippen MR) is 73.0 cm³/mol. The second-order valence-corrected chi connectivity index (χ2v) is 6.90. The molecule has 0 heterocycles. The molecule has 2 nitrogen and oxygen atoms in total. The lowest BCUT2D eigenvalue weighted by Crippen LogP contribution is -2.52. The van der Waals surface area contributed by atoms with E-state index in [1.165, 1.54) is 18.6 Å². The first-order chi connectivity index (χ1) is 7.48. The van der Waals surface area contributed by atoms with Crippen LogP contribution in [0.5, 0.6) is 0 Å². The first-order valence-electron chi connectivity index (χ1n) is 6.44. The van der Waals surface area contributed by atoms with Crippen LogP contribution in [-0.2, 0) is 0 Å². The summed E-state index contributed by atoms with van der Waals surface area (Å²) in [7, 11) is 0. The molecule has 1 fully saturated rings. The highest BCUT2D eigenvalue weighted by molar-refractivity contribution is 7.99. The van der Waals surface area contributed by atoms with Crippen molar-refractivity contribution in [3.05, 3.63) is 0 Å². The van der Waals surface area contributed by atoms with Gasteiger partial charge in [0.2, 0.25) is 0 Å². The molecule has 16 heavy (non-hydrogen) atoms. The molecule has 2 atom stereocenters. The first kappa shape index (κ1) is 14.3. The highest BCUT2D eigenvalue weighted by Crippen LogP contribution is 2.39. The largest absolute Gasteiger partial charge is 0.394 e. The Bertz CT molecular complexity index is 206. The molecule has 0 bridgehead atoms. The zero-order valence-corrected chi connectivity index (χ0v) is 11.9. The lowest BCUT2D eigenvalue weighted by atomic mass is 9.96. The topological polar surface area (TPSA) is 32.3 Å². The zero-order valence-electron chi connectivity index (χ0n) is 11.1. The number of hydrogen-bond acceptors (Lipinski definition) is 3. The Morgan fingerprint density at radius 3 is 2.38 bits per heavy atom. The molecule has 2 unspecified atom stereocenters. The fourth-order valence-electron chi connectivity index (χ4n) is 2.10. The van der Waals surface area contributed by atoms with Crippen LogP contribution in [0.3, 0.4) is 0 Å². The summed E-state index contributed by atoms with van der Waals surface area (Å²) in [6.07, 6.45) is 2.55. The van der Waals surface area contributed by atoms with Crippen molar-refractivity contribution in [3.8, 4) is 0 Å². The normalized spacial score (nSPS) is 22.1. The quantitative estimate of drug-likeness (QED) is 0.689. The molecule has 1 aliphatic carbocycles. The fourth-order valence-corrected chi connectivity index (χ4v) is 3.14. The fraction of sp³-hybridized carbons (Fsp3) is 1.00. The van der Waals surface area contributed by atoms with Gasteiger partial charge >= 0.3 is 0 Å². The summed E-state index contributed by atoms with van der Waals surface area (Å²) in [5, 5.41) is 13.1.